The molecule has 0 saturated heterocycles. The number of aromatic nitrogens is 5. The van der Waals surface area contributed by atoms with Crippen molar-refractivity contribution in [1.29, 1.82) is 0 Å². The Bertz CT molecular complexity index is 774. The van der Waals surface area contributed by atoms with E-state index in [1.165, 1.54) is 14.2 Å². The summed E-state index contributed by atoms with van der Waals surface area (Å²) in [5.74, 6) is 0.399. The third-order valence-corrected chi connectivity index (χ3v) is 3.28. The van der Waals surface area contributed by atoms with Crippen LogP contribution in [0.4, 0.5) is 0 Å². The predicted molar refractivity (Wildman–Crippen MR) is 74.8 cm³/mol. The van der Waals surface area contributed by atoms with E-state index in [1.807, 2.05) is 6.07 Å². The van der Waals surface area contributed by atoms with Gasteiger partial charge in [0.15, 0.2) is 5.65 Å². The lowest BCUT2D eigenvalue weighted by Gasteiger charge is -2.08. The number of hydrogen-bond donors (Lipinski definition) is 0. The van der Waals surface area contributed by atoms with E-state index in [-0.39, 0.29) is 6.01 Å². The van der Waals surface area contributed by atoms with E-state index in [4.69, 9.17) is 9.47 Å². The third kappa shape index (κ3) is 2.07. The molecular weight excluding hydrogens is 326 g/mol. The molecule has 102 valence electrons. The monoisotopic (exact) mass is 335 g/mol. The Morgan fingerprint density at radius 1 is 1.20 bits per heavy atom. The fourth-order valence-corrected chi connectivity index (χ4v) is 2.29. The van der Waals surface area contributed by atoms with Crippen molar-refractivity contribution in [3.05, 3.63) is 29.1 Å². The van der Waals surface area contributed by atoms with Gasteiger partial charge in [0, 0.05) is 18.6 Å². The molecule has 0 saturated carbocycles. The molecule has 0 spiro atoms. The molecule has 3 aromatic rings. The Kier molecular flexibility index (Phi) is 3.23. The van der Waals surface area contributed by atoms with Gasteiger partial charge in [0.2, 0.25) is 5.88 Å². The highest BCUT2D eigenvalue weighted by molar-refractivity contribution is 9.10. The highest BCUT2D eigenvalue weighted by atomic mass is 79.9. The molecule has 20 heavy (non-hydrogen) atoms. The zero-order chi connectivity index (χ0) is 14.1. The molecule has 0 amide bonds. The number of fused-ring (bicyclic) bond motifs is 1. The highest BCUT2D eigenvalue weighted by Gasteiger charge is 2.14. The van der Waals surface area contributed by atoms with E-state index in [0.29, 0.717) is 17.1 Å². The highest BCUT2D eigenvalue weighted by Crippen LogP contribution is 2.29. The minimum Gasteiger partial charge on any atom is -0.480 e. The summed E-state index contributed by atoms with van der Waals surface area (Å²) in [4.78, 5) is 12.4. The lowest BCUT2D eigenvalue weighted by Crippen LogP contribution is -2.00. The summed E-state index contributed by atoms with van der Waals surface area (Å²) in [5.41, 5.74) is 2.08. The standard InChI is InChI=1S/C12H10BrN5O2/c1-19-11-7(6-15-12(16-11)20-2)9-5-8(13)10-14-3-4-18(10)17-9/h3-6H,1-2H3. The van der Waals surface area contributed by atoms with Crippen LogP contribution in [-0.2, 0) is 0 Å². The summed E-state index contributed by atoms with van der Waals surface area (Å²) in [6, 6.07) is 2.09. The molecule has 0 unspecified atom stereocenters. The minimum absolute atomic E-state index is 0.244. The van der Waals surface area contributed by atoms with Gasteiger partial charge in [-0.15, -0.1) is 0 Å². The van der Waals surface area contributed by atoms with Crippen LogP contribution in [0.5, 0.6) is 11.9 Å². The normalized spacial score (nSPS) is 10.8. The fraction of sp³-hybridized carbons (Fsp3) is 0.167. The number of ether oxygens (including phenoxy) is 2. The molecule has 3 aromatic heterocycles. The molecular formula is C12H10BrN5O2. The molecule has 0 fully saturated rings. The Morgan fingerprint density at radius 3 is 2.80 bits per heavy atom. The molecule has 3 heterocycles. The molecule has 0 bridgehead atoms. The quantitative estimate of drug-likeness (QED) is 0.728. The first-order valence-electron chi connectivity index (χ1n) is 5.68. The van der Waals surface area contributed by atoms with Crippen LogP contribution in [0.25, 0.3) is 16.9 Å². The van der Waals surface area contributed by atoms with E-state index in [0.717, 1.165) is 10.1 Å². The van der Waals surface area contributed by atoms with Crippen LogP contribution in [0, 0.1) is 0 Å². The van der Waals surface area contributed by atoms with Gasteiger partial charge < -0.3 is 9.47 Å². The summed E-state index contributed by atoms with van der Waals surface area (Å²) < 4.78 is 12.7. The predicted octanol–water partition coefficient (Wildman–Crippen LogP) is 1.97. The van der Waals surface area contributed by atoms with E-state index in [9.17, 15) is 0 Å². The first-order valence-corrected chi connectivity index (χ1v) is 6.47. The number of nitrogens with zero attached hydrogens (tertiary/aromatic N) is 5. The molecule has 8 heteroatoms. The number of halogens is 1. The molecule has 0 N–H and O–H groups in total. The van der Waals surface area contributed by atoms with Gasteiger partial charge in [-0.05, 0) is 22.0 Å². The SMILES string of the molecule is COc1ncc(-c2cc(Br)c3nccn3n2)c(OC)n1. The number of hydrogen-bond acceptors (Lipinski definition) is 6. The summed E-state index contributed by atoms with van der Waals surface area (Å²) in [5, 5.41) is 4.45. The van der Waals surface area contributed by atoms with Crippen LogP contribution in [0.1, 0.15) is 0 Å². The smallest absolute Gasteiger partial charge is 0.319 e. The van der Waals surface area contributed by atoms with Crippen molar-refractivity contribution >= 4 is 21.6 Å². The summed E-state index contributed by atoms with van der Waals surface area (Å²) >= 11 is 3.47. The molecule has 0 aliphatic rings. The van der Waals surface area contributed by atoms with Gasteiger partial charge in [0.25, 0.3) is 0 Å². The lowest BCUT2D eigenvalue weighted by atomic mass is 10.2. The van der Waals surface area contributed by atoms with E-state index < -0.39 is 0 Å². The van der Waals surface area contributed by atoms with Crippen LogP contribution in [0.2, 0.25) is 0 Å². The maximum Gasteiger partial charge on any atom is 0.319 e. The lowest BCUT2D eigenvalue weighted by molar-refractivity contribution is 0.353. The molecule has 3 rings (SSSR count). The van der Waals surface area contributed by atoms with E-state index >= 15 is 0 Å². The first kappa shape index (κ1) is 12.8. The van der Waals surface area contributed by atoms with Crippen molar-refractivity contribution in [2.45, 2.75) is 0 Å². The Morgan fingerprint density at radius 2 is 2.05 bits per heavy atom. The second-order valence-corrected chi connectivity index (χ2v) is 4.71. The van der Waals surface area contributed by atoms with Gasteiger partial charge >= 0.3 is 6.01 Å². The Hall–Kier alpha value is -2.22. The van der Waals surface area contributed by atoms with Gasteiger partial charge in [-0.1, -0.05) is 0 Å². The first-order chi connectivity index (χ1) is 9.72. The molecule has 0 aliphatic carbocycles. The average Bonchev–Trinajstić information content (AvgIpc) is 2.95. The largest absolute Gasteiger partial charge is 0.480 e. The van der Waals surface area contributed by atoms with E-state index in [1.54, 1.807) is 23.1 Å². The van der Waals surface area contributed by atoms with Crippen LogP contribution in [0.3, 0.4) is 0 Å². The summed E-state index contributed by atoms with van der Waals surface area (Å²) in [6.07, 6.45) is 5.06. The number of imidazole rings is 1. The minimum atomic E-state index is 0.244. The Balaban J connectivity index is 2.19. The topological polar surface area (TPSA) is 74.4 Å². The number of rotatable bonds is 3. The van der Waals surface area contributed by atoms with E-state index in [2.05, 4.69) is 36.0 Å². The van der Waals surface area contributed by atoms with Gasteiger partial charge in [0.05, 0.1) is 29.9 Å². The number of methoxy groups -OCH3 is 2. The molecule has 0 radical (unpaired) electrons. The van der Waals surface area contributed by atoms with Crippen molar-refractivity contribution < 1.29 is 9.47 Å². The van der Waals surface area contributed by atoms with Crippen LogP contribution in [-0.4, -0.2) is 38.8 Å². The Labute approximate surface area is 122 Å². The second-order valence-electron chi connectivity index (χ2n) is 3.85. The summed E-state index contributed by atoms with van der Waals surface area (Å²) in [6.45, 7) is 0. The third-order valence-electron chi connectivity index (χ3n) is 2.70. The molecule has 7 nitrogen and oxygen atoms in total. The van der Waals surface area contributed by atoms with Crippen molar-refractivity contribution in [1.82, 2.24) is 24.6 Å². The van der Waals surface area contributed by atoms with Crippen LogP contribution in [0.15, 0.2) is 29.1 Å². The molecule has 0 atom stereocenters. The maximum absolute atomic E-state index is 5.26. The zero-order valence-electron chi connectivity index (χ0n) is 10.7. The van der Waals surface area contributed by atoms with Crippen LogP contribution >= 0.6 is 15.9 Å². The van der Waals surface area contributed by atoms with Gasteiger partial charge in [-0.2, -0.15) is 10.1 Å². The molecule has 0 aromatic carbocycles. The second kappa shape index (κ2) is 5.04. The van der Waals surface area contributed by atoms with Gasteiger partial charge in [0.1, 0.15) is 0 Å². The molecule has 0 aliphatic heterocycles. The fourth-order valence-electron chi connectivity index (χ4n) is 1.79. The summed E-state index contributed by atoms with van der Waals surface area (Å²) in [7, 11) is 3.04. The maximum atomic E-state index is 5.26. The average molecular weight is 336 g/mol. The van der Waals surface area contributed by atoms with Crippen molar-refractivity contribution in [3.63, 3.8) is 0 Å². The van der Waals surface area contributed by atoms with Crippen molar-refractivity contribution in [2.24, 2.45) is 0 Å². The van der Waals surface area contributed by atoms with Crippen LogP contribution < -0.4 is 9.47 Å². The van der Waals surface area contributed by atoms with Gasteiger partial charge in [-0.25, -0.2) is 14.5 Å². The van der Waals surface area contributed by atoms with Gasteiger partial charge in [-0.3, -0.25) is 0 Å². The van der Waals surface area contributed by atoms with Crippen molar-refractivity contribution in [2.75, 3.05) is 14.2 Å². The van der Waals surface area contributed by atoms with Crippen molar-refractivity contribution in [3.8, 4) is 23.1 Å². The zero-order valence-corrected chi connectivity index (χ0v) is 12.3.